The minimum atomic E-state index is 0.412. The largest absolute Gasteiger partial charge is 0.356 e. The summed E-state index contributed by atoms with van der Waals surface area (Å²) in [6.45, 7) is 11.0. The number of hydrogen-bond donors (Lipinski definition) is 1. The van der Waals surface area contributed by atoms with E-state index in [1.807, 2.05) is 25.7 Å². The fourth-order valence-electron chi connectivity index (χ4n) is 3.21. The third kappa shape index (κ3) is 5.09. The van der Waals surface area contributed by atoms with Crippen molar-refractivity contribution in [3.05, 3.63) is 34.9 Å². The Labute approximate surface area is 157 Å². The first-order chi connectivity index (χ1) is 12.3. The fourth-order valence-corrected chi connectivity index (χ4v) is 3.21. The van der Waals surface area contributed by atoms with E-state index in [2.05, 4.69) is 70.2 Å². The molecule has 0 atom stereocenters. The topological polar surface area (TPSA) is 63.3 Å². The van der Waals surface area contributed by atoms with Crippen LogP contribution >= 0.6 is 0 Å². The monoisotopic (exact) mass is 359 g/mol. The van der Waals surface area contributed by atoms with Gasteiger partial charge >= 0.3 is 0 Å². The molecule has 0 spiro atoms. The Kier molecular flexibility index (Phi) is 6.83. The number of aliphatic imine (C=N–C) groups is 1. The lowest BCUT2D eigenvalue weighted by atomic mass is 10.1. The number of aryl methyl sites for hydroxylation is 4. The maximum absolute atomic E-state index is 4.59. The molecule has 0 amide bonds. The second-order valence-corrected chi connectivity index (χ2v) is 7.20. The molecular formula is C19H33N7. The minimum Gasteiger partial charge on any atom is -0.356 e. The van der Waals surface area contributed by atoms with Crippen molar-refractivity contribution in [2.45, 2.75) is 53.1 Å². The molecule has 7 nitrogen and oxygen atoms in total. The van der Waals surface area contributed by atoms with Crippen LogP contribution in [0.5, 0.6) is 0 Å². The van der Waals surface area contributed by atoms with Gasteiger partial charge < -0.3 is 10.2 Å². The zero-order valence-electron chi connectivity index (χ0n) is 17.2. The molecule has 0 fully saturated rings. The van der Waals surface area contributed by atoms with Crippen molar-refractivity contribution in [2.24, 2.45) is 12.0 Å². The van der Waals surface area contributed by atoms with E-state index in [1.54, 1.807) is 0 Å². The van der Waals surface area contributed by atoms with Crippen LogP contribution in [0.3, 0.4) is 0 Å². The molecule has 0 saturated carbocycles. The molecule has 144 valence electrons. The van der Waals surface area contributed by atoms with Crippen molar-refractivity contribution in [1.82, 2.24) is 29.8 Å². The number of nitrogens with one attached hydrogen (secondary N) is 1. The highest BCUT2D eigenvalue weighted by Crippen LogP contribution is 2.18. The molecule has 2 rings (SSSR count). The number of rotatable bonds is 7. The van der Waals surface area contributed by atoms with Crippen LogP contribution in [0.2, 0.25) is 0 Å². The van der Waals surface area contributed by atoms with E-state index >= 15 is 0 Å². The van der Waals surface area contributed by atoms with Crippen molar-refractivity contribution in [3.63, 3.8) is 0 Å². The van der Waals surface area contributed by atoms with Gasteiger partial charge in [0, 0.05) is 58.2 Å². The molecule has 2 aromatic rings. The Morgan fingerprint density at radius 3 is 2.62 bits per heavy atom. The van der Waals surface area contributed by atoms with Gasteiger partial charge in [-0.3, -0.25) is 14.4 Å². The van der Waals surface area contributed by atoms with Crippen LogP contribution in [0.4, 0.5) is 0 Å². The molecular weight excluding hydrogens is 326 g/mol. The van der Waals surface area contributed by atoms with Gasteiger partial charge in [0.1, 0.15) is 0 Å². The lowest BCUT2D eigenvalue weighted by molar-refractivity contribution is 0.467. The fraction of sp³-hybridized carbons (Fsp3) is 0.632. The summed E-state index contributed by atoms with van der Waals surface area (Å²) in [7, 11) is 5.86. The highest BCUT2D eigenvalue weighted by Gasteiger charge is 2.15. The first-order valence-corrected chi connectivity index (χ1v) is 9.27. The lowest BCUT2D eigenvalue weighted by Crippen LogP contribution is -2.39. The number of hydrogen-bond acceptors (Lipinski definition) is 3. The number of nitrogens with zero attached hydrogens (tertiary/aromatic N) is 6. The van der Waals surface area contributed by atoms with Crippen molar-refractivity contribution in [1.29, 1.82) is 0 Å². The van der Waals surface area contributed by atoms with E-state index < -0.39 is 0 Å². The highest BCUT2D eigenvalue weighted by atomic mass is 15.3. The van der Waals surface area contributed by atoms with Gasteiger partial charge in [-0.1, -0.05) is 13.8 Å². The van der Waals surface area contributed by atoms with Gasteiger partial charge in [0.2, 0.25) is 0 Å². The van der Waals surface area contributed by atoms with Crippen LogP contribution in [-0.2, 0) is 20.1 Å². The quantitative estimate of drug-likeness (QED) is 0.469. The number of aromatic nitrogens is 4. The van der Waals surface area contributed by atoms with Crippen molar-refractivity contribution in [3.8, 4) is 0 Å². The molecule has 0 aromatic carbocycles. The molecule has 0 radical (unpaired) electrons. The van der Waals surface area contributed by atoms with Crippen LogP contribution in [0.1, 0.15) is 48.8 Å². The Morgan fingerprint density at radius 1 is 1.31 bits per heavy atom. The summed E-state index contributed by atoms with van der Waals surface area (Å²) in [5.74, 6) is 1.31. The predicted octanol–water partition coefficient (Wildman–Crippen LogP) is 2.45. The van der Waals surface area contributed by atoms with E-state index in [0.717, 1.165) is 43.4 Å². The summed E-state index contributed by atoms with van der Waals surface area (Å²) in [4.78, 5) is 6.56. The summed E-state index contributed by atoms with van der Waals surface area (Å²) in [5, 5.41) is 12.5. The first-order valence-electron chi connectivity index (χ1n) is 9.27. The Hall–Kier alpha value is -2.31. The maximum atomic E-state index is 4.59. The Bertz CT molecular complexity index is 739. The average Bonchev–Trinajstić information content (AvgIpc) is 3.09. The van der Waals surface area contributed by atoms with E-state index in [4.69, 9.17) is 0 Å². The molecule has 0 aliphatic heterocycles. The summed E-state index contributed by atoms with van der Waals surface area (Å²) in [6, 6.07) is 2.11. The van der Waals surface area contributed by atoms with Gasteiger partial charge in [-0.05, 0) is 32.3 Å². The smallest absolute Gasteiger partial charge is 0.193 e. The van der Waals surface area contributed by atoms with Crippen LogP contribution in [0.15, 0.2) is 17.3 Å². The molecule has 26 heavy (non-hydrogen) atoms. The normalized spacial score (nSPS) is 12.1. The SMILES string of the molecule is CN=C(NCCCn1nc(C)cc1C)N(C)Cc1cn(C)nc1C(C)C. The summed E-state index contributed by atoms with van der Waals surface area (Å²) in [5.41, 5.74) is 4.68. The molecule has 1 N–H and O–H groups in total. The van der Waals surface area contributed by atoms with Crippen molar-refractivity contribution < 1.29 is 0 Å². The molecule has 2 heterocycles. The molecule has 0 bridgehead atoms. The van der Waals surface area contributed by atoms with Gasteiger partial charge in [0.05, 0.1) is 11.4 Å². The minimum absolute atomic E-state index is 0.412. The highest BCUT2D eigenvalue weighted by molar-refractivity contribution is 5.79. The first kappa shape index (κ1) is 20.0. The second kappa shape index (κ2) is 8.87. The van der Waals surface area contributed by atoms with E-state index in [0.29, 0.717) is 5.92 Å². The second-order valence-electron chi connectivity index (χ2n) is 7.20. The molecule has 0 unspecified atom stereocenters. The van der Waals surface area contributed by atoms with Crippen LogP contribution in [0, 0.1) is 13.8 Å². The Morgan fingerprint density at radius 2 is 2.04 bits per heavy atom. The van der Waals surface area contributed by atoms with Crippen LogP contribution in [-0.4, -0.2) is 51.1 Å². The third-order valence-corrected chi connectivity index (χ3v) is 4.40. The summed E-state index contributed by atoms with van der Waals surface area (Å²) < 4.78 is 3.96. The zero-order chi connectivity index (χ0) is 19.3. The van der Waals surface area contributed by atoms with Crippen LogP contribution < -0.4 is 5.32 Å². The molecule has 2 aromatic heterocycles. The molecule has 0 aliphatic rings. The van der Waals surface area contributed by atoms with E-state index in [1.165, 1.54) is 11.3 Å². The maximum Gasteiger partial charge on any atom is 0.193 e. The molecule has 7 heteroatoms. The average molecular weight is 360 g/mol. The zero-order valence-corrected chi connectivity index (χ0v) is 17.2. The van der Waals surface area contributed by atoms with Gasteiger partial charge in [-0.2, -0.15) is 10.2 Å². The summed E-state index contributed by atoms with van der Waals surface area (Å²) >= 11 is 0. The van der Waals surface area contributed by atoms with Gasteiger partial charge in [0.15, 0.2) is 5.96 Å². The standard InChI is InChI=1S/C19H33N7/c1-14(2)18-17(13-25(7)23-18)12-24(6)19(20-5)21-9-8-10-26-16(4)11-15(3)22-26/h11,13-14H,8-10,12H2,1-7H3,(H,20,21). The van der Waals surface area contributed by atoms with Crippen LogP contribution in [0.25, 0.3) is 0 Å². The Balaban J connectivity index is 1.87. The lowest BCUT2D eigenvalue weighted by Gasteiger charge is -2.22. The summed E-state index contributed by atoms with van der Waals surface area (Å²) in [6.07, 6.45) is 3.10. The predicted molar refractivity (Wildman–Crippen MR) is 106 cm³/mol. The van der Waals surface area contributed by atoms with Gasteiger partial charge in [-0.25, -0.2) is 0 Å². The molecule has 0 saturated heterocycles. The van der Waals surface area contributed by atoms with Crippen molar-refractivity contribution >= 4 is 5.96 Å². The number of guanidine groups is 1. The van der Waals surface area contributed by atoms with Gasteiger partial charge in [0.25, 0.3) is 0 Å². The van der Waals surface area contributed by atoms with E-state index in [-0.39, 0.29) is 0 Å². The van der Waals surface area contributed by atoms with E-state index in [9.17, 15) is 0 Å². The van der Waals surface area contributed by atoms with Gasteiger partial charge in [-0.15, -0.1) is 0 Å². The molecule has 0 aliphatic carbocycles. The third-order valence-electron chi connectivity index (χ3n) is 4.40. The van der Waals surface area contributed by atoms with Crippen molar-refractivity contribution in [2.75, 3.05) is 20.6 Å².